The number of nitrogens with one attached hydrogen (secondary N) is 1. The summed E-state index contributed by atoms with van der Waals surface area (Å²) in [7, 11) is 0. The molecule has 106 valence electrons. The summed E-state index contributed by atoms with van der Waals surface area (Å²) in [5.41, 5.74) is 1.65. The van der Waals surface area contributed by atoms with Crippen molar-refractivity contribution in [3.05, 3.63) is 76.1 Å². The van der Waals surface area contributed by atoms with E-state index in [0.29, 0.717) is 12.2 Å². The van der Waals surface area contributed by atoms with Gasteiger partial charge in [0.25, 0.3) is 5.91 Å². The highest BCUT2D eigenvalue weighted by Crippen LogP contribution is 2.14. The van der Waals surface area contributed by atoms with Crippen LogP contribution in [0.15, 0.2) is 58.5 Å². The third-order valence-corrected chi connectivity index (χ3v) is 3.83. The molecule has 3 aromatic rings. The highest BCUT2D eigenvalue weighted by Gasteiger charge is 2.11. The molecule has 0 unspecified atom stereocenters. The van der Waals surface area contributed by atoms with Crippen LogP contribution in [0, 0.1) is 0 Å². The second-order valence-corrected chi connectivity index (χ2v) is 5.49. The lowest BCUT2D eigenvalue weighted by Crippen LogP contribution is -2.22. The molecule has 0 radical (unpaired) electrons. The number of nitrogens with zero attached hydrogens (tertiary/aromatic N) is 1. The van der Waals surface area contributed by atoms with Crippen LogP contribution in [0.4, 0.5) is 0 Å². The lowest BCUT2D eigenvalue weighted by Gasteiger charge is -2.00. The number of furan rings is 1. The Bertz CT molecular complexity index is 705. The average Bonchev–Trinajstić information content (AvgIpc) is 3.17. The zero-order valence-corrected chi connectivity index (χ0v) is 12.1. The first kappa shape index (κ1) is 13.6. The third kappa shape index (κ3) is 3.58. The SMILES string of the molecule is O=C(NCc1ccco1)c1csc(Cc2ccccc2)n1. The maximum absolute atomic E-state index is 12.0. The summed E-state index contributed by atoms with van der Waals surface area (Å²) >= 11 is 1.50. The summed E-state index contributed by atoms with van der Waals surface area (Å²) in [6.45, 7) is 0.372. The van der Waals surface area contributed by atoms with Gasteiger partial charge in [-0.05, 0) is 17.7 Å². The average molecular weight is 298 g/mol. The molecule has 0 fully saturated rings. The van der Waals surface area contributed by atoms with E-state index in [-0.39, 0.29) is 5.91 Å². The minimum absolute atomic E-state index is 0.179. The molecule has 0 aliphatic heterocycles. The molecular formula is C16H14N2O2S. The van der Waals surface area contributed by atoms with E-state index < -0.39 is 0 Å². The number of rotatable bonds is 5. The molecular weight excluding hydrogens is 284 g/mol. The van der Waals surface area contributed by atoms with E-state index >= 15 is 0 Å². The van der Waals surface area contributed by atoms with Crippen molar-refractivity contribution in [3.8, 4) is 0 Å². The lowest BCUT2D eigenvalue weighted by molar-refractivity contribution is 0.0943. The van der Waals surface area contributed by atoms with E-state index in [1.54, 1.807) is 17.7 Å². The second-order valence-electron chi connectivity index (χ2n) is 4.55. The van der Waals surface area contributed by atoms with Crippen LogP contribution in [0.25, 0.3) is 0 Å². The van der Waals surface area contributed by atoms with Crippen molar-refractivity contribution in [1.82, 2.24) is 10.3 Å². The number of thiazole rings is 1. The minimum atomic E-state index is -0.179. The van der Waals surface area contributed by atoms with Gasteiger partial charge in [0.1, 0.15) is 11.5 Å². The number of hydrogen-bond acceptors (Lipinski definition) is 4. The molecule has 0 aliphatic rings. The summed E-state index contributed by atoms with van der Waals surface area (Å²) in [5.74, 6) is 0.546. The van der Waals surface area contributed by atoms with Crippen LogP contribution in [0.2, 0.25) is 0 Å². The number of hydrogen-bond donors (Lipinski definition) is 1. The van der Waals surface area contributed by atoms with Gasteiger partial charge in [-0.3, -0.25) is 4.79 Å². The van der Waals surface area contributed by atoms with Crippen LogP contribution in [-0.4, -0.2) is 10.9 Å². The highest BCUT2D eigenvalue weighted by molar-refractivity contribution is 7.09. The van der Waals surface area contributed by atoms with Gasteiger partial charge in [0.05, 0.1) is 17.8 Å². The predicted molar refractivity (Wildman–Crippen MR) is 81.2 cm³/mol. The predicted octanol–water partition coefficient (Wildman–Crippen LogP) is 3.26. The number of aromatic nitrogens is 1. The standard InChI is InChI=1S/C16H14N2O2S/c19-16(17-10-13-7-4-8-20-13)14-11-21-15(18-14)9-12-5-2-1-3-6-12/h1-8,11H,9-10H2,(H,17,19). The molecule has 0 bridgehead atoms. The Kier molecular flexibility index (Phi) is 4.12. The Labute approximate surface area is 126 Å². The van der Waals surface area contributed by atoms with Crippen LogP contribution in [0.3, 0.4) is 0 Å². The summed E-state index contributed by atoms with van der Waals surface area (Å²) in [4.78, 5) is 16.4. The van der Waals surface area contributed by atoms with Crippen molar-refractivity contribution in [1.29, 1.82) is 0 Å². The van der Waals surface area contributed by atoms with Gasteiger partial charge in [-0.25, -0.2) is 4.98 Å². The summed E-state index contributed by atoms with van der Waals surface area (Å²) in [6.07, 6.45) is 2.33. The summed E-state index contributed by atoms with van der Waals surface area (Å²) in [5, 5.41) is 5.51. The van der Waals surface area contributed by atoms with Gasteiger partial charge in [-0.15, -0.1) is 11.3 Å². The van der Waals surface area contributed by atoms with Crippen molar-refractivity contribution in [2.45, 2.75) is 13.0 Å². The van der Waals surface area contributed by atoms with E-state index in [1.807, 2.05) is 24.3 Å². The van der Waals surface area contributed by atoms with Crippen molar-refractivity contribution in [2.24, 2.45) is 0 Å². The molecule has 3 rings (SSSR count). The van der Waals surface area contributed by atoms with E-state index in [4.69, 9.17) is 4.42 Å². The number of amides is 1. The second kappa shape index (κ2) is 6.37. The van der Waals surface area contributed by atoms with Crippen molar-refractivity contribution < 1.29 is 9.21 Å². The van der Waals surface area contributed by atoms with E-state index in [0.717, 1.165) is 17.2 Å². The van der Waals surface area contributed by atoms with E-state index in [9.17, 15) is 4.79 Å². The van der Waals surface area contributed by atoms with Gasteiger partial charge < -0.3 is 9.73 Å². The fourth-order valence-electron chi connectivity index (χ4n) is 1.94. The van der Waals surface area contributed by atoms with E-state index in [2.05, 4.69) is 22.4 Å². The number of carbonyl (C=O) groups excluding carboxylic acids is 1. The molecule has 21 heavy (non-hydrogen) atoms. The zero-order chi connectivity index (χ0) is 14.5. The highest BCUT2D eigenvalue weighted by atomic mass is 32.1. The summed E-state index contributed by atoms with van der Waals surface area (Å²) in [6, 6.07) is 13.7. The Morgan fingerprint density at radius 2 is 2.05 bits per heavy atom. The molecule has 0 saturated heterocycles. The molecule has 0 atom stereocenters. The first-order valence-electron chi connectivity index (χ1n) is 6.60. The van der Waals surface area contributed by atoms with E-state index in [1.165, 1.54) is 16.9 Å². The van der Waals surface area contributed by atoms with Gasteiger partial charge in [-0.1, -0.05) is 30.3 Å². The lowest BCUT2D eigenvalue weighted by atomic mass is 10.2. The van der Waals surface area contributed by atoms with Crippen LogP contribution in [0.1, 0.15) is 26.8 Å². The molecule has 0 saturated carbocycles. The maximum atomic E-state index is 12.0. The Morgan fingerprint density at radius 3 is 2.81 bits per heavy atom. The first-order valence-corrected chi connectivity index (χ1v) is 7.48. The van der Waals surface area contributed by atoms with Crippen molar-refractivity contribution in [2.75, 3.05) is 0 Å². The fraction of sp³-hybridized carbons (Fsp3) is 0.125. The number of benzene rings is 1. The smallest absolute Gasteiger partial charge is 0.271 e. The maximum Gasteiger partial charge on any atom is 0.271 e. The van der Waals surface area contributed by atoms with Crippen LogP contribution >= 0.6 is 11.3 Å². The van der Waals surface area contributed by atoms with Gasteiger partial charge >= 0.3 is 0 Å². The van der Waals surface area contributed by atoms with Crippen molar-refractivity contribution in [3.63, 3.8) is 0 Å². The van der Waals surface area contributed by atoms with Crippen LogP contribution < -0.4 is 5.32 Å². The molecule has 2 heterocycles. The quantitative estimate of drug-likeness (QED) is 0.786. The molecule has 1 aromatic carbocycles. The molecule has 2 aromatic heterocycles. The minimum Gasteiger partial charge on any atom is -0.467 e. The van der Waals surface area contributed by atoms with Crippen molar-refractivity contribution >= 4 is 17.2 Å². The molecule has 0 spiro atoms. The Hall–Kier alpha value is -2.40. The Morgan fingerprint density at radius 1 is 1.19 bits per heavy atom. The van der Waals surface area contributed by atoms with Gasteiger partial charge in [0, 0.05) is 11.8 Å². The van der Waals surface area contributed by atoms with Gasteiger partial charge in [-0.2, -0.15) is 0 Å². The molecule has 5 heteroatoms. The van der Waals surface area contributed by atoms with Gasteiger partial charge in [0.2, 0.25) is 0 Å². The van der Waals surface area contributed by atoms with Crippen LogP contribution in [-0.2, 0) is 13.0 Å². The molecule has 4 nitrogen and oxygen atoms in total. The third-order valence-electron chi connectivity index (χ3n) is 2.99. The molecule has 1 N–H and O–H groups in total. The largest absolute Gasteiger partial charge is 0.467 e. The fourth-order valence-corrected chi connectivity index (χ4v) is 2.75. The van der Waals surface area contributed by atoms with Gasteiger partial charge in [0.15, 0.2) is 0 Å². The van der Waals surface area contributed by atoms with Crippen LogP contribution in [0.5, 0.6) is 0 Å². The number of carbonyl (C=O) groups is 1. The molecule has 0 aliphatic carbocycles. The monoisotopic (exact) mass is 298 g/mol. The first-order chi connectivity index (χ1) is 10.3. The Balaban J connectivity index is 1.60. The zero-order valence-electron chi connectivity index (χ0n) is 11.3. The topological polar surface area (TPSA) is 55.1 Å². The summed E-state index contributed by atoms with van der Waals surface area (Å²) < 4.78 is 5.17. The normalized spacial score (nSPS) is 10.5. The molecule has 1 amide bonds.